The fraction of sp³-hybridized carbons (Fsp3) is 0.385. The monoisotopic (exact) mass is 284 g/mol. The maximum Gasteiger partial charge on any atom is 1.00 e. The van der Waals surface area contributed by atoms with E-state index in [0.29, 0.717) is 10.2 Å². The van der Waals surface area contributed by atoms with E-state index in [1.54, 1.807) is 0 Å². The second kappa shape index (κ2) is 7.42. The number of likely N-dealkylation sites (tertiary alicyclic amines) is 1. The number of benzene rings is 1. The van der Waals surface area contributed by atoms with Crippen LogP contribution >= 0.6 is 12.2 Å². The Morgan fingerprint density at radius 2 is 1.83 bits per heavy atom. The zero-order valence-corrected chi connectivity index (χ0v) is 14.1. The topological polar surface area (TPSA) is 27.0 Å². The molecule has 1 fully saturated rings. The van der Waals surface area contributed by atoms with Crippen LogP contribution in [0.15, 0.2) is 24.3 Å². The van der Waals surface area contributed by atoms with Crippen LogP contribution < -0.4 is 29.6 Å². The van der Waals surface area contributed by atoms with Crippen molar-refractivity contribution >= 4 is 29.2 Å². The summed E-state index contributed by atoms with van der Waals surface area (Å²) in [5.41, 5.74) is 2.04. The van der Waals surface area contributed by atoms with Crippen LogP contribution in [0.5, 0.6) is 0 Å². The van der Waals surface area contributed by atoms with Crippen molar-refractivity contribution in [2.75, 3.05) is 13.1 Å². The molecule has 1 aliphatic heterocycles. The maximum atomic E-state index is 8.75. The average Bonchev–Trinajstić information content (AvgIpc) is 2.39. The first kappa shape index (κ1) is 15.9. The van der Waals surface area contributed by atoms with Gasteiger partial charge in [-0.05, 0) is 36.5 Å². The smallest absolute Gasteiger partial charge is 0.411 e. The van der Waals surface area contributed by atoms with Crippen molar-refractivity contribution in [3.63, 3.8) is 0 Å². The van der Waals surface area contributed by atoms with Gasteiger partial charge in [0.15, 0.2) is 0 Å². The van der Waals surface area contributed by atoms with E-state index in [2.05, 4.69) is 23.1 Å². The molecule has 2 nitrogen and oxygen atoms in total. The molecular weight excluding hydrogens is 271 g/mol. The van der Waals surface area contributed by atoms with E-state index in [1.807, 2.05) is 12.1 Å². The van der Waals surface area contributed by atoms with Gasteiger partial charge in [-0.3, -0.25) is 0 Å². The van der Waals surface area contributed by atoms with E-state index in [9.17, 15) is 0 Å². The zero-order valence-electron chi connectivity index (χ0n) is 10.4. The van der Waals surface area contributed by atoms with Crippen LogP contribution in [0.25, 0.3) is 0 Å². The molecule has 88 valence electrons. The summed E-state index contributed by atoms with van der Waals surface area (Å²) >= 11 is 10.0. The van der Waals surface area contributed by atoms with Gasteiger partial charge in [0.1, 0.15) is 0 Å². The minimum atomic E-state index is 0. The van der Waals surface area contributed by atoms with Gasteiger partial charge in [0.2, 0.25) is 0 Å². The van der Waals surface area contributed by atoms with Crippen LogP contribution in [-0.4, -0.2) is 22.3 Å². The summed E-state index contributed by atoms with van der Waals surface area (Å²) in [5.74, 6) is 0.573. The van der Waals surface area contributed by atoms with Gasteiger partial charge >= 0.3 is 29.6 Å². The summed E-state index contributed by atoms with van der Waals surface area (Å²) in [6, 6.07) is 10.0. The van der Waals surface area contributed by atoms with Crippen molar-refractivity contribution in [2.45, 2.75) is 18.8 Å². The van der Waals surface area contributed by atoms with E-state index < -0.39 is 0 Å². The minimum Gasteiger partial charge on any atom is -0.411 e. The molecule has 0 aromatic heterocycles. The molecule has 0 unspecified atom stereocenters. The third kappa shape index (κ3) is 3.91. The van der Waals surface area contributed by atoms with Crippen LogP contribution in [0.4, 0.5) is 0 Å². The molecular formula is C13H13N2NaS2. The second-order valence-electron chi connectivity index (χ2n) is 4.26. The predicted octanol–water partition coefficient (Wildman–Crippen LogP) is -0.427. The van der Waals surface area contributed by atoms with Crippen molar-refractivity contribution in [2.24, 2.45) is 0 Å². The van der Waals surface area contributed by atoms with Crippen LogP contribution in [-0.2, 0) is 12.6 Å². The summed E-state index contributed by atoms with van der Waals surface area (Å²) in [7, 11) is 0. The summed E-state index contributed by atoms with van der Waals surface area (Å²) in [4.78, 5) is 2.09. The Labute approximate surface area is 141 Å². The first-order chi connectivity index (χ1) is 8.20. The van der Waals surface area contributed by atoms with Crippen molar-refractivity contribution in [1.29, 1.82) is 5.26 Å². The molecule has 0 saturated carbocycles. The summed E-state index contributed by atoms with van der Waals surface area (Å²) in [5, 5.41) is 8.75. The first-order valence-corrected chi connectivity index (χ1v) is 6.48. The zero-order chi connectivity index (χ0) is 12.3. The van der Waals surface area contributed by atoms with Crippen LogP contribution in [0.3, 0.4) is 0 Å². The van der Waals surface area contributed by atoms with Crippen molar-refractivity contribution < 1.29 is 29.6 Å². The Hall–Kier alpha value is -0.180. The van der Waals surface area contributed by atoms with Gasteiger partial charge in [0, 0.05) is 13.1 Å². The normalized spacial score (nSPS) is 15.6. The SMILES string of the molecule is N#Cc1ccc(C2CCN(C(=S)[S-])CC2)cc1.[Na+]. The summed E-state index contributed by atoms with van der Waals surface area (Å²) in [6.07, 6.45) is 2.17. The third-order valence-corrected chi connectivity index (χ3v) is 3.78. The number of nitriles is 1. The van der Waals surface area contributed by atoms with Crippen molar-refractivity contribution in [1.82, 2.24) is 4.90 Å². The molecule has 1 aromatic rings. The number of rotatable bonds is 1. The standard InChI is InChI=1S/C13H14N2S2.Na/c14-9-10-1-3-11(4-2-10)12-5-7-15(8-6-12)13(16)17;/h1-4,12H,5-8H2,(H,16,17);/q;+1/p-1. The van der Waals surface area contributed by atoms with Crippen molar-refractivity contribution in [3.05, 3.63) is 35.4 Å². The Kier molecular flexibility index (Phi) is 6.54. The Morgan fingerprint density at radius 1 is 1.28 bits per heavy atom. The third-order valence-electron chi connectivity index (χ3n) is 3.26. The maximum absolute atomic E-state index is 8.75. The fourth-order valence-electron chi connectivity index (χ4n) is 2.23. The van der Waals surface area contributed by atoms with Gasteiger partial charge in [-0.1, -0.05) is 16.5 Å². The van der Waals surface area contributed by atoms with E-state index in [-0.39, 0.29) is 29.6 Å². The molecule has 0 bridgehead atoms. The van der Waals surface area contributed by atoms with E-state index >= 15 is 0 Å². The minimum absolute atomic E-state index is 0. The van der Waals surface area contributed by atoms with Gasteiger partial charge in [-0.25, -0.2) is 0 Å². The van der Waals surface area contributed by atoms with Gasteiger partial charge in [-0.15, -0.1) is 0 Å². The van der Waals surface area contributed by atoms with E-state index in [1.165, 1.54) is 5.56 Å². The molecule has 1 aliphatic rings. The molecule has 1 aromatic carbocycles. The molecule has 0 radical (unpaired) electrons. The van der Waals surface area contributed by atoms with Gasteiger partial charge in [0.25, 0.3) is 0 Å². The molecule has 0 spiro atoms. The molecule has 0 atom stereocenters. The van der Waals surface area contributed by atoms with Gasteiger partial charge in [-0.2, -0.15) is 5.26 Å². The summed E-state index contributed by atoms with van der Waals surface area (Å²) < 4.78 is 0.586. The molecule has 18 heavy (non-hydrogen) atoms. The Morgan fingerprint density at radius 3 is 2.28 bits per heavy atom. The largest absolute Gasteiger partial charge is 1.00 e. The van der Waals surface area contributed by atoms with Gasteiger partial charge < -0.3 is 29.7 Å². The van der Waals surface area contributed by atoms with Crippen LogP contribution in [0.1, 0.15) is 29.9 Å². The predicted molar refractivity (Wildman–Crippen MR) is 74.7 cm³/mol. The Bertz CT molecular complexity index is 445. The van der Waals surface area contributed by atoms with E-state index in [0.717, 1.165) is 31.5 Å². The van der Waals surface area contributed by atoms with Crippen molar-refractivity contribution in [3.8, 4) is 6.07 Å². The fourth-order valence-corrected chi connectivity index (χ4v) is 2.59. The summed E-state index contributed by atoms with van der Waals surface area (Å²) in [6.45, 7) is 1.90. The average molecular weight is 284 g/mol. The van der Waals surface area contributed by atoms with Crippen LogP contribution in [0.2, 0.25) is 0 Å². The number of nitrogens with zero attached hydrogens (tertiary/aromatic N) is 2. The first-order valence-electron chi connectivity index (χ1n) is 5.66. The Balaban J connectivity index is 0.00000162. The molecule has 1 saturated heterocycles. The molecule has 0 amide bonds. The quantitative estimate of drug-likeness (QED) is 0.397. The number of hydrogen-bond acceptors (Lipinski definition) is 3. The molecule has 0 aliphatic carbocycles. The van der Waals surface area contributed by atoms with E-state index in [4.69, 9.17) is 30.1 Å². The molecule has 1 heterocycles. The second-order valence-corrected chi connectivity index (χ2v) is 5.29. The van der Waals surface area contributed by atoms with Gasteiger partial charge in [0.05, 0.1) is 11.6 Å². The number of piperidine rings is 1. The van der Waals surface area contributed by atoms with Crippen LogP contribution in [0, 0.1) is 11.3 Å². The molecule has 0 N–H and O–H groups in total. The molecule has 2 rings (SSSR count). The number of thiocarbonyl (C=S) groups is 1. The molecule has 5 heteroatoms. The number of hydrogen-bond donors (Lipinski definition) is 0.